The van der Waals surface area contributed by atoms with Crippen LogP contribution in [0.5, 0.6) is 5.75 Å². The van der Waals surface area contributed by atoms with E-state index >= 15 is 0 Å². The summed E-state index contributed by atoms with van der Waals surface area (Å²) in [5.74, 6) is 1.57. The molecule has 0 aliphatic heterocycles. The third-order valence-electron chi connectivity index (χ3n) is 7.14. The lowest BCUT2D eigenvalue weighted by Crippen LogP contribution is -2.21. The van der Waals surface area contributed by atoms with Crippen molar-refractivity contribution in [2.24, 2.45) is 5.10 Å². The second-order valence-electron chi connectivity index (χ2n) is 10.2. The maximum atomic E-state index is 13.8. The number of ether oxygens (including phenoxy) is 1. The van der Waals surface area contributed by atoms with Gasteiger partial charge in [0.15, 0.2) is 5.82 Å². The molecule has 6 nitrogen and oxygen atoms in total. The van der Waals surface area contributed by atoms with E-state index in [1.807, 2.05) is 76.2 Å². The standard InChI is InChI=1S/C33H33ClN4O2/c1-7-40-31-16-21(4)29(18-28(31)20(2)3)32-36-30-11-9-8-10-27(30)33(39)38(32)35-19-24-17-22(5)37(23(24)6)26-14-12-25(34)13-15-26/h8-20H,7H2,1-6H3. The number of halogens is 1. The number of hydrogen-bond acceptors (Lipinski definition) is 4. The van der Waals surface area contributed by atoms with E-state index in [-0.39, 0.29) is 11.5 Å². The van der Waals surface area contributed by atoms with Crippen molar-refractivity contribution in [2.75, 3.05) is 6.61 Å². The van der Waals surface area contributed by atoms with E-state index in [9.17, 15) is 4.79 Å². The second-order valence-corrected chi connectivity index (χ2v) is 10.7. The van der Waals surface area contributed by atoms with E-state index in [2.05, 4.69) is 30.5 Å². The fourth-order valence-electron chi connectivity index (χ4n) is 5.10. The molecule has 0 saturated carbocycles. The first kappa shape index (κ1) is 27.4. The Kier molecular flexibility index (Phi) is 7.63. The molecule has 0 aliphatic rings. The van der Waals surface area contributed by atoms with Gasteiger partial charge in [0, 0.05) is 33.2 Å². The van der Waals surface area contributed by atoms with Gasteiger partial charge in [-0.05, 0) is 99.3 Å². The molecule has 2 aromatic heterocycles. The second kappa shape index (κ2) is 11.1. The highest BCUT2D eigenvalue weighted by Crippen LogP contribution is 2.34. The molecular formula is C33H33ClN4O2. The normalized spacial score (nSPS) is 11.7. The molecule has 3 aromatic carbocycles. The smallest absolute Gasteiger partial charge is 0.282 e. The van der Waals surface area contributed by atoms with E-state index in [1.54, 1.807) is 12.3 Å². The summed E-state index contributed by atoms with van der Waals surface area (Å²) in [4.78, 5) is 18.8. The zero-order chi connectivity index (χ0) is 28.6. The van der Waals surface area contributed by atoms with Crippen molar-refractivity contribution in [1.82, 2.24) is 14.2 Å². The third kappa shape index (κ3) is 5.07. The molecule has 40 heavy (non-hydrogen) atoms. The van der Waals surface area contributed by atoms with Crippen molar-refractivity contribution in [3.63, 3.8) is 0 Å². The van der Waals surface area contributed by atoms with Crippen LogP contribution in [0.15, 0.2) is 76.6 Å². The average Bonchev–Trinajstić information content (AvgIpc) is 3.21. The topological polar surface area (TPSA) is 61.4 Å². The Labute approximate surface area is 239 Å². The third-order valence-corrected chi connectivity index (χ3v) is 7.39. The molecule has 0 spiro atoms. The first-order chi connectivity index (χ1) is 19.2. The van der Waals surface area contributed by atoms with Crippen molar-refractivity contribution in [2.45, 2.75) is 47.5 Å². The Morgan fingerprint density at radius 2 is 1.75 bits per heavy atom. The molecule has 0 amide bonds. The Bertz CT molecular complexity index is 1800. The van der Waals surface area contributed by atoms with Gasteiger partial charge in [-0.1, -0.05) is 37.6 Å². The predicted molar refractivity (Wildman–Crippen MR) is 165 cm³/mol. The van der Waals surface area contributed by atoms with E-state index < -0.39 is 0 Å². The zero-order valence-electron chi connectivity index (χ0n) is 23.7. The number of fused-ring (bicyclic) bond motifs is 1. The monoisotopic (exact) mass is 552 g/mol. The molecule has 0 bridgehead atoms. The molecule has 5 rings (SSSR count). The van der Waals surface area contributed by atoms with Crippen LogP contribution in [-0.2, 0) is 0 Å². The summed E-state index contributed by atoms with van der Waals surface area (Å²) < 4.78 is 9.51. The minimum Gasteiger partial charge on any atom is -0.494 e. The molecule has 7 heteroatoms. The highest BCUT2D eigenvalue weighted by atomic mass is 35.5. The van der Waals surface area contributed by atoms with Crippen molar-refractivity contribution in [3.8, 4) is 22.8 Å². The molecule has 0 radical (unpaired) electrons. The van der Waals surface area contributed by atoms with Gasteiger partial charge in [0.25, 0.3) is 5.56 Å². The van der Waals surface area contributed by atoms with Crippen LogP contribution >= 0.6 is 11.6 Å². The molecule has 5 aromatic rings. The number of aryl methyl sites for hydroxylation is 2. The molecular weight excluding hydrogens is 520 g/mol. The van der Waals surface area contributed by atoms with Crippen molar-refractivity contribution in [1.29, 1.82) is 0 Å². The molecule has 0 N–H and O–H groups in total. The highest BCUT2D eigenvalue weighted by Gasteiger charge is 2.19. The lowest BCUT2D eigenvalue weighted by Gasteiger charge is -2.18. The SMILES string of the molecule is CCOc1cc(C)c(-c2nc3ccccc3c(=O)n2N=Cc2cc(C)n(-c3ccc(Cl)cc3)c2C)cc1C(C)C. The number of hydrogen-bond donors (Lipinski definition) is 0. The molecule has 2 heterocycles. The minimum atomic E-state index is -0.220. The van der Waals surface area contributed by atoms with Gasteiger partial charge in [0.2, 0.25) is 0 Å². The predicted octanol–water partition coefficient (Wildman–Crippen LogP) is 7.84. The molecule has 0 saturated heterocycles. The van der Waals surface area contributed by atoms with Gasteiger partial charge in [-0.3, -0.25) is 4.79 Å². The number of benzene rings is 3. The Balaban J connectivity index is 1.69. The van der Waals surface area contributed by atoms with Gasteiger partial charge in [-0.25, -0.2) is 4.98 Å². The van der Waals surface area contributed by atoms with Crippen molar-refractivity contribution >= 4 is 28.7 Å². The largest absolute Gasteiger partial charge is 0.494 e. The number of aromatic nitrogens is 3. The van der Waals surface area contributed by atoms with E-state index in [4.69, 9.17) is 26.4 Å². The molecule has 0 fully saturated rings. The molecule has 0 unspecified atom stereocenters. The van der Waals surface area contributed by atoms with Crippen LogP contribution in [0.1, 0.15) is 54.8 Å². The fourth-order valence-corrected chi connectivity index (χ4v) is 5.23. The Morgan fingerprint density at radius 1 is 1.02 bits per heavy atom. The minimum absolute atomic E-state index is 0.220. The van der Waals surface area contributed by atoms with Crippen LogP contribution in [0.25, 0.3) is 28.0 Å². The van der Waals surface area contributed by atoms with E-state index in [0.717, 1.165) is 45.1 Å². The number of rotatable bonds is 7. The van der Waals surface area contributed by atoms with Crippen LogP contribution in [0.4, 0.5) is 0 Å². The van der Waals surface area contributed by atoms with E-state index in [0.29, 0.717) is 28.4 Å². The number of para-hydroxylation sites is 1. The molecule has 0 aliphatic carbocycles. The first-order valence-corrected chi connectivity index (χ1v) is 13.9. The fraction of sp³-hybridized carbons (Fsp3) is 0.242. The zero-order valence-corrected chi connectivity index (χ0v) is 24.5. The summed E-state index contributed by atoms with van der Waals surface area (Å²) in [6.45, 7) is 12.9. The average molecular weight is 553 g/mol. The Morgan fingerprint density at radius 3 is 2.45 bits per heavy atom. The van der Waals surface area contributed by atoms with Gasteiger partial charge < -0.3 is 9.30 Å². The maximum Gasteiger partial charge on any atom is 0.282 e. The summed E-state index contributed by atoms with van der Waals surface area (Å²) >= 11 is 6.11. The summed E-state index contributed by atoms with van der Waals surface area (Å²) in [6, 6.07) is 21.3. The Hall–Kier alpha value is -4.16. The van der Waals surface area contributed by atoms with Crippen molar-refractivity contribution in [3.05, 3.63) is 110 Å². The highest BCUT2D eigenvalue weighted by molar-refractivity contribution is 6.30. The summed E-state index contributed by atoms with van der Waals surface area (Å²) in [6.07, 6.45) is 1.74. The van der Waals surface area contributed by atoms with Gasteiger partial charge in [-0.2, -0.15) is 9.78 Å². The van der Waals surface area contributed by atoms with E-state index in [1.165, 1.54) is 4.68 Å². The van der Waals surface area contributed by atoms with Crippen LogP contribution in [-0.4, -0.2) is 27.0 Å². The first-order valence-electron chi connectivity index (χ1n) is 13.5. The molecule has 204 valence electrons. The maximum absolute atomic E-state index is 13.8. The van der Waals surface area contributed by atoms with Crippen LogP contribution in [0.3, 0.4) is 0 Å². The van der Waals surface area contributed by atoms with Gasteiger partial charge in [0.1, 0.15) is 5.75 Å². The summed E-state index contributed by atoms with van der Waals surface area (Å²) in [7, 11) is 0. The molecule has 0 atom stereocenters. The summed E-state index contributed by atoms with van der Waals surface area (Å²) in [5.41, 5.74) is 7.25. The quantitative estimate of drug-likeness (QED) is 0.193. The van der Waals surface area contributed by atoms with Crippen LogP contribution in [0.2, 0.25) is 5.02 Å². The lowest BCUT2D eigenvalue weighted by molar-refractivity contribution is 0.335. The van der Waals surface area contributed by atoms with Crippen LogP contribution < -0.4 is 10.3 Å². The van der Waals surface area contributed by atoms with Crippen molar-refractivity contribution < 1.29 is 4.74 Å². The number of nitrogens with zero attached hydrogens (tertiary/aromatic N) is 4. The summed E-state index contributed by atoms with van der Waals surface area (Å²) in [5, 5.41) is 5.96. The van der Waals surface area contributed by atoms with Gasteiger partial charge >= 0.3 is 0 Å². The van der Waals surface area contributed by atoms with Gasteiger partial charge in [-0.15, -0.1) is 0 Å². The van der Waals surface area contributed by atoms with Crippen LogP contribution in [0, 0.1) is 20.8 Å². The lowest BCUT2D eigenvalue weighted by atomic mass is 9.96. The van der Waals surface area contributed by atoms with Gasteiger partial charge in [0.05, 0.1) is 23.7 Å².